The van der Waals surface area contributed by atoms with Gasteiger partial charge in [0.1, 0.15) is 0 Å². The van der Waals surface area contributed by atoms with Gasteiger partial charge in [-0.05, 0) is 17.7 Å². The minimum Gasteiger partial charge on any atom is -0.303 e. The molecule has 4 heteroatoms. The Hall–Kier alpha value is -2.62. The van der Waals surface area contributed by atoms with E-state index in [1.807, 2.05) is 30.3 Å². The molecule has 0 aliphatic rings. The first-order valence-electron chi connectivity index (χ1n) is 5.94. The molecule has 0 radical (unpaired) electrons. The normalized spacial score (nSPS) is 9.68. The Kier molecular flexibility index (Phi) is 4.29. The van der Waals surface area contributed by atoms with E-state index in [-0.39, 0.29) is 5.91 Å². The van der Waals surface area contributed by atoms with Gasteiger partial charge in [0.15, 0.2) is 0 Å². The summed E-state index contributed by atoms with van der Waals surface area (Å²) in [4.78, 5) is 15.6. The van der Waals surface area contributed by atoms with Gasteiger partial charge >= 0.3 is 0 Å². The van der Waals surface area contributed by atoms with Gasteiger partial charge in [-0.15, -0.1) is 0 Å². The zero-order chi connectivity index (χ0) is 13.5. The number of benzene rings is 1. The summed E-state index contributed by atoms with van der Waals surface area (Å²) < 4.78 is 0. The zero-order valence-corrected chi connectivity index (χ0v) is 10.5. The lowest BCUT2D eigenvalue weighted by Crippen LogP contribution is -2.36. The predicted molar refractivity (Wildman–Crippen MR) is 74.1 cm³/mol. The Morgan fingerprint density at radius 2 is 1.74 bits per heavy atom. The van der Waals surface area contributed by atoms with Gasteiger partial charge in [-0.1, -0.05) is 36.9 Å². The van der Waals surface area contributed by atoms with Crippen molar-refractivity contribution in [2.45, 2.75) is 6.42 Å². The number of nitrogens with one attached hydrogen (secondary N) is 2. The average Bonchev–Trinajstić information content (AvgIpc) is 2.47. The third-order valence-corrected chi connectivity index (χ3v) is 2.56. The molecule has 1 heterocycles. The van der Waals surface area contributed by atoms with E-state index in [0.717, 1.165) is 11.3 Å². The van der Waals surface area contributed by atoms with Crippen LogP contribution in [0.3, 0.4) is 0 Å². The maximum absolute atomic E-state index is 11.8. The number of rotatable bonds is 5. The van der Waals surface area contributed by atoms with Gasteiger partial charge in [-0.2, -0.15) is 0 Å². The summed E-state index contributed by atoms with van der Waals surface area (Å²) in [6.07, 6.45) is 3.82. The number of carbonyl (C=O) groups excluding carboxylic acids is 1. The SMILES string of the molecule is C=C(Cc1ccccc1)NNC(=O)c1ccncc1. The summed E-state index contributed by atoms with van der Waals surface area (Å²) in [5.74, 6) is -0.211. The fraction of sp³-hybridized carbons (Fsp3) is 0.0667. The van der Waals surface area contributed by atoms with Crippen molar-refractivity contribution in [1.82, 2.24) is 15.8 Å². The van der Waals surface area contributed by atoms with Gasteiger partial charge in [0.05, 0.1) is 0 Å². The molecule has 1 aromatic heterocycles. The average molecular weight is 253 g/mol. The molecule has 1 amide bonds. The minimum atomic E-state index is -0.211. The Morgan fingerprint density at radius 1 is 1.05 bits per heavy atom. The Morgan fingerprint density at radius 3 is 2.42 bits per heavy atom. The van der Waals surface area contributed by atoms with Crippen molar-refractivity contribution in [2.24, 2.45) is 0 Å². The van der Waals surface area contributed by atoms with Crippen LogP contribution in [0.5, 0.6) is 0 Å². The molecule has 0 saturated heterocycles. The van der Waals surface area contributed by atoms with Gasteiger partial charge in [-0.3, -0.25) is 15.2 Å². The lowest BCUT2D eigenvalue weighted by molar-refractivity contribution is 0.0938. The van der Waals surface area contributed by atoms with Crippen LogP contribution in [0, 0.1) is 0 Å². The second-order valence-corrected chi connectivity index (χ2v) is 4.08. The number of hydrogen-bond donors (Lipinski definition) is 2. The van der Waals surface area contributed by atoms with Gasteiger partial charge in [0.25, 0.3) is 5.91 Å². The zero-order valence-electron chi connectivity index (χ0n) is 10.5. The van der Waals surface area contributed by atoms with Crippen LogP contribution in [0.2, 0.25) is 0 Å². The Labute approximate surface area is 112 Å². The maximum Gasteiger partial charge on any atom is 0.269 e. The summed E-state index contributed by atoms with van der Waals surface area (Å²) >= 11 is 0. The summed E-state index contributed by atoms with van der Waals surface area (Å²) in [5, 5.41) is 0. The third kappa shape index (κ3) is 3.96. The molecule has 2 N–H and O–H groups in total. The van der Waals surface area contributed by atoms with Crippen molar-refractivity contribution < 1.29 is 4.79 Å². The summed E-state index contributed by atoms with van der Waals surface area (Å²) in [7, 11) is 0. The number of carbonyl (C=O) groups is 1. The van der Waals surface area contributed by atoms with E-state index in [0.29, 0.717) is 12.0 Å². The van der Waals surface area contributed by atoms with Crippen molar-refractivity contribution in [3.05, 3.63) is 78.3 Å². The van der Waals surface area contributed by atoms with Crippen molar-refractivity contribution in [3.8, 4) is 0 Å². The van der Waals surface area contributed by atoms with E-state index in [2.05, 4.69) is 22.4 Å². The van der Waals surface area contributed by atoms with Crippen molar-refractivity contribution in [2.75, 3.05) is 0 Å². The number of allylic oxidation sites excluding steroid dienone is 1. The molecular weight excluding hydrogens is 238 g/mol. The maximum atomic E-state index is 11.8. The van der Waals surface area contributed by atoms with Gasteiger partial charge in [0.2, 0.25) is 0 Å². The van der Waals surface area contributed by atoms with Crippen LogP contribution in [-0.4, -0.2) is 10.9 Å². The molecule has 0 aliphatic heterocycles. The highest BCUT2D eigenvalue weighted by molar-refractivity contribution is 5.93. The molecule has 0 unspecified atom stereocenters. The van der Waals surface area contributed by atoms with Crippen LogP contribution < -0.4 is 10.9 Å². The molecule has 19 heavy (non-hydrogen) atoms. The van der Waals surface area contributed by atoms with E-state index in [1.165, 1.54) is 0 Å². The second-order valence-electron chi connectivity index (χ2n) is 4.08. The van der Waals surface area contributed by atoms with E-state index in [1.54, 1.807) is 24.5 Å². The first-order valence-corrected chi connectivity index (χ1v) is 5.94. The van der Waals surface area contributed by atoms with Crippen molar-refractivity contribution >= 4 is 5.91 Å². The van der Waals surface area contributed by atoms with Gasteiger partial charge < -0.3 is 5.43 Å². The molecule has 4 nitrogen and oxygen atoms in total. The second kappa shape index (κ2) is 6.35. The molecule has 96 valence electrons. The largest absolute Gasteiger partial charge is 0.303 e. The molecule has 0 fully saturated rings. The quantitative estimate of drug-likeness (QED) is 0.802. The van der Waals surface area contributed by atoms with Crippen molar-refractivity contribution in [3.63, 3.8) is 0 Å². The highest BCUT2D eigenvalue weighted by atomic mass is 16.2. The van der Waals surface area contributed by atoms with E-state index >= 15 is 0 Å². The van der Waals surface area contributed by atoms with E-state index < -0.39 is 0 Å². The fourth-order valence-corrected chi connectivity index (χ4v) is 1.61. The molecule has 0 aliphatic carbocycles. The Balaban J connectivity index is 1.83. The highest BCUT2D eigenvalue weighted by Crippen LogP contribution is 2.03. The van der Waals surface area contributed by atoms with Crippen LogP contribution in [0.15, 0.2) is 67.1 Å². The first kappa shape index (κ1) is 12.8. The number of hydrazine groups is 1. The predicted octanol–water partition coefficient (Wildman–Crippen LogP) is 2.07. The van der Waals surface area contributed by atoms with Crippen LogP contribution in [-0.2, 0) is 6.42 Å². The van der Waals surface area contributed by atoms with Crippen LogP contribution in [0.25, 0.3) is 0 Å². The first-order chi connectivity index (χ1) is 9.25. The molecule has 0 bridgehead atoms. The summed E-state index contributed by atoms with van der Waals surface area (Å²) in [6.45, 7) is 3.88. The molecular formula is C15H15N3O. The minimum absolute atomic E-state index is 0.211. The van der Waals surface area contributed by atoms with Crippen LogP contribution in [0.1, 0.15) is 15.9 Å². The molecule has 2 rings (SSSR count). The molecule has 1 aromatic carbocycles. The smallest absolute Gasteiger partial charge is 0.269 e. The topological polar surface area (TPSA) is 54.0 Å². The lowest BCUT2D eigenvalue weighted by atomic mass is 10.1. The van der Waals surface area contributed by atoms with Gasteiger partial charge in [-0.25, -0.2) is 0 Å². The van der Waals surface area contributed by atoms with Gasteiger partial charge in [0, 0.05) is 30.1 Å². The number of nitrogens with zero attached hydrogens (tertiary/aromatic N) is 1. The summed E-state index contributed by atoms with van der Waals surface area (Å²) in [6, 6.07) is 13.2. The molecule has 0 spiro atoms. The number of aromatic nitrogens is 1. The Bertz CT molecular complexity index is 552. The fourth-order valence-electron chi connectivity index (χ4n) is 1.61. The van der Waals surface area contributed by atoms with Crippen LogP contribution in [0.4, 0.5) is 0 Å². The number of amides is 1. The van der Waals surface area contributed by atoms with E-state index in [9.17, 15) is 4.79 Å². The molecule has 0 saturated carbocycles. The molecule has 0 atom stereocenters. The van der Waals surface area contributed by atoms with Crippen molar-refractivity contribution in [1.29, 1.82) is 0 Å². The number of hydrogen-bond acceptors (Lipinski definition) is 3. The highest BCUT2D eigenvalue weighted by Gasteiger charge is 2.04. The molecule has 2 aromatic rings. The lowest BCUT2D eigenvalue weighted by Gasteiger charge is -2.11. The van der Waals surface area contributed by atoms with E-state index in [4.69, 9.17) is 0 Å². The third-order valence-electron chi connectivity index (χ3n) is 2.56. The van der Waals surface area contributed by atoms with Crippen LogP contribution >= 0.6 is 0 Å². The monoisotopic (exact) mass is 253 g/mol. The summed E-state index contributed by atoms with van der Waals surface area (Å²) in [5.41, 5.74) is 7.84. The number of pyridine rings is 1. The standard InChI is InChI=1S/C15H15N3O/c1-12(11-13-5-3-2-4-6-13)17-18-15(19)14-7-9-16-10-8-14/h2-10,17H,1,11H2,(H,18,19).